The van der Waals surface area contributed by atoms with Crippen LogP contribution in [0.3, 0.4) is 0 Å². The normalized spacial score (nSPS) is 15.5. The largest absolute Gasteiger partial charge is 0.349 e. The van der Waals surface area contributed by atoms with E-state index in [9.17, 15) is 9.59 Å². The van der Waals surface area contributed by atoms with E-state index >= 15 is 0 Å². The van der Waals surface area contributed by atoms with Crippen molar-refractivity contribution in [3.63, 3.8) is 0 Å². The number of hydrogen-bond donors (Lipinski definition) is 1. The van der Waals surface area contributed by atoms with Crippen molar-refractivity contribution in [2.24, 2.45) is 14.1 Å². The van der Waals surface area contributed by atoms with Crippen molar-refractivity contribution in [1.82, 2.24) is 19.4 Å². The number of piperidine rings is 1. The van der Waals surface area contributed by atoms with Gasteiger partial charge in [0.2, 0.25) is 0 Å². The van der Waals surface area contributed by atoms with Gasteiger partial charge >= 0.3 is 0 Å². The molecule has 0 unspecified atom stereocenters. The Morgan fingerprint density at radius 1 is 1.04 bits per heavy atom. The van der Waals surface area contributed by atoms with Crippen LogP contribution in [0.2, 0.25) is 0 Å². The number of aromatic nitrogens is 2. The number of likely N-dealkylation sites (tertiary alicyclic amines) is 1. The maximum absolute atomic E-state index is 12.8. The predicted octanol–water partition coefficient (Wildman–Crippen LogP) is 2.25. The molecule has 4 rings (SSSR count). The van der Waals surface area contributed by atoms with Crippen molar-refractivity contribution in [3.05, 3.63) is 46.4 Å². The zero-order valence-corrected chi connectivity index (χ0v) is 16.0. The van der Waals surface area contributed by atoms with E-state index in [4.69, 9.17) is 0 Å². The maximum atomic E-state index is 12.8. The SMILES string of the molecule is Cn1c(C(=O)NCCN2CCCCC2)cc2c(=O)n(C)c3ccccc3c21. The quantitative estimate of drug-likeness (QED) is 0.770. The number of nitrogens with zero attached hydrogens (tertiary/aromatic N) is 3. The van der Waals surface area contributed by atoms with Crippen LogP contribution in [-0.4, -0.2) is 46.1 Å². The first-order chi connectivity index (χ1) is 13.1. The first-order valence-corrected chi connectivity index (χ1v) is 9.65. The number of carbonyl (C=O) groups is 1. The van der Waals surface area contributed by atoms with Gasteiger partial charge < -0.3 is 19.4 Å². The highest BCUT2D eigenvalue weighted by Gasteiger charge is 2.19. The summed E-state index contributed by atoms with van der Waals surface area (Å²) in [5, 5.41) is 4.58. The van der Waals surface area contributed by atoms with Gasteiger partial charge in [-0.05, 0) is 38.1 Å². The molecule has 0 atom stereocenters. The molecule has 3 heterocycles. The summed E-state index contributed by atoms with van der Waals surface area (Å²) in [6, 6.07) is 9.53. The van der Waals surface area contributed by atoms with Crippen LogP contribution in [-0.2, 0) is 14.1 Å². The fourth-order valence-electron chi connectivity index (χ4n) is 4.17. The molecule has 0 bridgehead atoms. The molecule has 1 aromatic carbocycles. The number of nitrogens with one attached hydrogen (secondary N) is 1. The molecule has 142 valence electrons. The Morgan fingerprint density at radius 3 is 2.56 bits per heavy atom. The minimum absolute atomic E-state index is 0.0772. The number of fused-ring (bicyclic) bond motifs is 3. The lowest BCUT2D eigenvalue weighted by atomic mass is 10.1. The number of carbonyl (C=O) groups excluding carboxylic acids is 1. The second-order valence-electron chi connectivity index (χ2n) is 7.39. The van der Waals surface area contributed by atoms with Crippen LogP contribution < -0.4 is 10.9 Å². The van der Waals surface area contributed by atoms with Gasteiger partial charge in [-0.3, -0.25) is 9.59 Å². The second kappa shape index (κ2) is 7.19. The summed E-state index contributed by atoms with van der Waals surface area (Å²) in [6.45, 7) is 3.73. The average Bonchev–Trinajstić information content (AvgIpc) is 3.04. The summed E-state index contributed by atoms with van der Waals surface area (Å²) in [5.74, 6) is -0.128. The third-order valence-corrected chi connectivity index (χ3v) is 5.68. The van der Waals surface area contributed by atoms with E-state index in [-0.39, 0.29) is 11.5 Å². The topological polar surface area (TPSA) is 59.3 Å². The smallest absolute Gasteiger partial charge is 0.267 e. The van der Waals surface area contributed by atoms with Crippen molar-refractivity contribution in [2.45, 2.75) is 19.3 Å². The highest BCUT2D eigenvalue weighted by molar-refractivity contribution is 6.08. The molecule has 1 saturated heterocycles. The molecule has 6 nitrogen and oxygen atoms in total. The van der Waals surface area contributed by atoms with E-state index < -0.39 is 0 Å². The third-order valence-electron chi connectivity index (χ3n) is 5.68. The van der Waals surface area contributed by atoms with E-state index in [0.717, 1.165) is 36.1 Å². The molecular formula is C21H26N4O2. The molecule has 1 N–H and O–H groups in total. The zero-order valence-electron chi connectivity index (χ0n) is 16.0. The Balaban J connectivity index is 1.63. The fourth-order valence-corrected chi connectivity index (χ4v) is 4.17. The third kappa shape index (κ3) is 3.14. The van der Waals surface area contributed by atoms with E-state index in [2.05, 4.69) is 10.2 Å². The van der Waals surface area contributed by atoms with Gasteiger partial charge in [-0.2, -0.15) is 0 Å². The number of pyridine rings is 1. The molecule has 0 aliphatic carbocycles. The Hall–Kier alpha value is -2.60. The fraction of sp³-hybridized carbons (Fsp3) is 0.429. The van der Waals surface area contributed by atoms with Gasteiger partial charge in [0.15, 0.2) is 0 Å². The number of amides is 1. The van der Waals surface area contributed by atoms with Gasteiger partial charge in [-0.1, -0.05) is 24.6 Å². The maximum Gasteiger partial charge on any atom is 0.267 e. The molecule has 1 fully saturated rings. The highest BCUT2D eigenvalue weighted by Crippen LogP contribution is 2.24. The molecule has 0 saturated carbocycles. The molecule has 0 radical (unpaired) electrons. The molecule has 6 heteroatoms. The highest BCUT2D eigenvalue weighted by atomic mass is 16.2. The molecule has 27 heavy (non-hydrogen) atoms. The Bertz CT molecular complexity index is 1060. The first kappa shape index (κ1) is 17.8. The summed E-state index contributed by atoms with van der Waals surface area (Å²) >= 11 is 0. The second-order valence-corrected chi connectivity index (χ2v) is 7.39. The van der Waals surface area contributed by atoms with Gasteiger partial charge in [0.25, 0.3) is 11.5 Å². The van der Waals surface area contributed by atoms with Crippen LogP contribution in [0.15, 0.2) is 35.1 Å². The standard InChI is InChI=1S/C21H26N4O2/c1-23-18(20(26)22-10-13-25-11-6-3-7-12-25)14-16-19(23)15-8-4-5-9-17(15)24(2)21(16)27/h4-5,8-9,14H,3,6-7,10-13H2,1-2H3,(H,22,26). The Morgan fingerprint density at radius 2 is 1.78 bits per heavy atom. The molecular weight excluding hydrogens is 340 g/mol. The lowest BCUT2D eigenvalue weighted by molar-refractivity contribution is 0.0939. The first-order valence-electron chi connectivity index (χ1n) is 9.65. The van der Waals surface area contributed by atoms with Crippen LogP contribution >= 0.6 is 0 Å². The van der Waals surface area contributed by atoms with Crippen LogP contribution in [0.1, 0.15) is 29.8 Å². The molecule has 3 aromatic rings. The van der Waals surface area contributed by atoms with Gasteiger partial charge in [-0.15, -0.1) is 0 Å². The summed E-state index contributed by atoms with van der Waals surface area (Å²) < 4.78 is 3.49. The van der Waals surface area contributed by atoms with Gasteiger partial charge in [-0.25, -0.2) is 0 Å². The summed E-state index contributed by atoms with van der Waals surface area (Å²) in [5.41, 5.74) is 2.13. The van der Waals surface area contributed by atoms with Gasteiger partial charge in [0, 0.05) is 32.6 Å². The molecule has 1 aliphatic heterocycles. The number of benzene rings is 1. The molecule has 1 aliphatic rings. The number of aryl methyl sites for hydroxylation is 2. The van der Waals surface area contributed by atoms with E-state index in [1.165, 1.54) is 19.3 Å². The number of rotatable bonds is 4. The summed E-state index contributed by atoms with van der Waals surface area (Å²) in [4.78, 5) is 27.9. The van der Waals surface area contributed by atoms with Gasteiger partial charge in [0.05, 0.1) is 16.4 Å². The van der Waals surface area contributed by atoms with Crippen molar-refractivity contribution in [3.8, 4) is 0 Å². The monoisotopic (exact) mass is 366 g/mol. The van der Waals surface area contributed by atoms with E-state index in [1.54, 1.807) is 17.7 Å². The van der Waals surface area contributed by atoms with Crippen LogP contribution in [0.5, 0.6) is 0 Å². The minimum Gasteiger partial charge on any atom is -0.349 e. The lowest BCUT2D eigenvalue weighted by Gasteiger charge is -2.26. The number of para-hydroxylation sites is 1. The van der Waals surface area contributed by atoms with Crippen LogP contribution in [0.4, 0.5) is 0 Å². The zero-order chi connectivity index (χ0) is 19.0. The molecule has 0 spiro atoms. The predicted molar refractivity (Wildman–Crippen MR) is 108 cm³/mol. The molecule has 2 aromatic heterocycles. The summed E-state index contributed by atoms with van der Waals surface area (Å²) in [6.07, 6.45) is 3.79. The van der Waals surface area contributed by atoms with Crippen LogP contribution in [0.25, 0.3) is 21.8 Å². The number of hydrogen-bond acceptors (Lipinski definition) is 3. The van der Waals surface area contributed by atoms with Gasteiger partial charge in [0.1, 0.15) is 5.69 Å². The van der Waals surface area contributed by atoms with Crippen molar-refractivity contribution >= 4 is 27.7 Å². The van der Waals surface area contributed by atoms with E-state index in [1.807, 2.05) is 35.9 Å². The van der Waals surface area contributed by atoms with Crippen molar-refractivity contribution in [2.75, 3.05) is 26.2 Å². The molecule has 1 amide bonds. The van der Waals surface area contributed by atoms with Crippen molar-refractivity contribution in [1.29, 1.82) is 0 Å². The van der Waals surface area contributed by atoms with E-state index in [0.29, 0.717) is 17.6 Å². The Kier molecular flexibility index (Phi) is 4.74. The Labute approximate surface area is 158 Å². The van der Waals surface area contributed by atoms with Crippen LogP contribution in [0, 0.1) is 0 Å². The van der Waals surface area contributed by atoms with Crippen molar-refractivity contribution < 1.29 is 4.79 Å². The lowest BCUT2D eigenvalue weighted by Crippen LogP contribution is -2.38. The average molecular weight is 366 g/mol. The summed E-state index contributed by atoms with van der Waals surface area (Å²) in [7, 11) is 3.63. The minimum atomic E-state index is -0.128.